The Bertz CT molecular complexity index is 247. The summed E-state index contributed by atoms with van der Waals surface area (Å²) in [5, 5.41) is 9.11. The van der Waals surface area contributed by atoms with Crippen LogP contribution in [0.15, 0.2) is 0 Å². The van der Waals surface area contributed by atoms with Crippen LogP contribution in [0.3, 0.4) is 0 Å². The van der Waals surface area contributed by atoms with Gasteiger partial charge in [-0.2, -0.15) is 8.78 Å². The van der Waals surface area contributed by atoms with Crippen LogP contribution >= 0.6 is 0 Å². The predicted octanol–water partition coefficient (Wildman–Crippen LogP) is 0.870. The van der Waals surface area contributed by atoms with Crippen LogP contribution in [0.25, 0.3) is 0 Å². The van der Waals surface area contributed by atoms with Crippen molar-refractivity contribution >= 4 is 5.91 Å². The fourth-order valence-electron chi connectivity index (χ4n) is 1.44. The molecule has 88 valence electrons. The lowest BCUT2D eigenvalue weighted by atomic mass is 10.1. The molecule has 0 aliphatic carbocycles. The lowest BCUT2D eigenvalue weighted by molar-refractivity contribution is -0.183. The van der Waals surface area contributed by atoms with E-state index in [1.165, 1.54) is 0 Å². The predicted molar refractivity (Wildman–Crippen MR) is 42.8 cm³/mol. The number of alkyl halides is 4. The smallest absolute Gasteiger partial charge is 0.383 e. The van der Waals surface area contributed by atoms with Gasteiger partial charge in [-0.15, -0.1) is 0 Å². The van der Waals surface area contributed by atoms with Crippen LogP contribution in [-0.4, -0.2) is 47.5 Å². The van der Waals surface area contributed by atoms with E-state index in [9.17, 15) is 22.4 Å². The summed E-state index contributed by atoms with van der Waals surface area (Å²) in [6.07, 6.45) is -4.18. The molecule has 0 saturated carbocycles. The highest BCUT2D eigenvalue weighted by atomic mass is 19.3. The third-order valence-electron chi connectivity index (χ3n) is 2.24. The maximum Gasteiger partial charge on any atom is 0.383 e. The summed E-state index contributed by atoms with van der Waals surface area (Å²) in [7, 11) is 0. The van der Waals surface area contributed by atoms with Crippen LogP contribution in [-0.2, 0) is 4.79 Å². The molecule has 1 heterocycles. The number of hydrogen-bond donors (Lipinski definition) is 1. The molecule has 1 unspecified atom stereocenters. The second-order valence-electron chi connectivity index (χ2n) is 3.47. The van der Waals surface area contributed by atoms with Crippen molar-refractivity contribution < 1.29 is 27.5 Å². The van der Waals surface area contributed by atoms with Gasteiger partial charge in [0.1, 0.15) is 0 Å². The summed E-state index contributed by atoms with van der Waals surface area (Å²) < 4.78 is 49.0. The Balaban J connectivity index is 2.67. The molecule has 1 aliphatic rings. The number of rotatable bonds is 2. The normalized spacial score (nSPS) is 23.3. The maximum atomic E-state index is 12.6. The van der Waals surface area contributed by atoms with E-state index in [2.05, 4.69) is 0 Å². The standard InChI is InChI=1S/C8H11F4NO2/c9-6(10)8(11,12)7(15)13-3-1-2-5(14)4-13/h5-6,14H,1-4H2. The fraction of sp³-hybridized carbons (Fsp3) is 0.875. The summed E-state index contributed by atoms with van der Waals surface area (Å²) in [6.45, 7) is -0.320. The van der Waals surface area contributed by atoms with Gasteiger partial charge in [0.25, 0.3) is 5.91 Å². The number of aliphatic hydroxyl groups excluding tert-OH is 1. The monoisotopic (exact) mass is 229 g/mol. The van der Waals surface area contributed by atoms with Gasteiger partial charge < -0.3 is 10.0 Å². The summed E-state index contributed by atoms with van der Waals surface area (Å²) in [5.41, 5.74) is 0. The van der Waals surface area contributed by atoms with Crippen molar-refractivity contribution in [3.63, 3.8) is 0 Å². The number of carbonyl (C=O) groups is 1. The van der Waals surface area contributed by atoms with Gasteiger partial charge in [0.15, 0.2) is 0 Å². The lowest BCUT2D eigenvalue weighted by Crippen LogP contribution is -2.52. The molecule has 7 heteroatoms. The Morgan fingerprint density at radius 2 is 2.07 bits per heavy atom. The minimum atomic E-state index is -4.66. The number of amides is 1. The van der Waals surface area contributed by atoms with Crippen molar-refractivity contribution in [2.45, 2.75) is 31.3 Å². The summed E-state index contributed by atoms with van der Waals surface area (Å²) in [5.74, 6) is -6.56. The van der Waals surface area contributed by atoms with Crippen LogP contribution in [0, 0.1) is 0 Å². The van der Waals surface area contributed by atoms with E-state index in [0.717, 1.165) is 0 Å². The summed E-state index contributed by atoms with van der Waals surface area (Å²) >= 11 is 0. The molecule has 0 aromatic heterocycles. The number of hydrogen-bond acceptors (Lipinski definition) is 2. The lowest BCUT2D eigenvalue weighted by Gasteiger charge is -2.32. The molecule has 1 N–H and O–H groups in total. The SMILES string of the molecule is O=C(N1CCCC(O)C1)C(F)(F)C(F)F. The van der Waals surface area contributed by atoms with Crippen molar-refractivity contribution in [2.24, 2.45) is 0 Å². The Morgan fingerprint density at radius 1 is 1.47 bits per heavy atom. The molecule has 1 atom stereocenters. The average Bonchev–Trinajstić information content (AvgIpc) is 2.16. The highest BCUT2D eigenvalue weighted by molar-refractivity contribution is 5.84. The average molecular weight is 229 g/mol. The van der Waals surface area contributed by atoms with Gasteiger partial charge in [0, 0.05) is 13.1 Å². The zero-order chi connectivity index (χ0) is 11.6. The minimum Gasteiger partial charge on any atom is -0.391 e. The zero-order valence-corrected chi connectivity index (χ0v) is 7.80. The number of aliphatic hydroxyl groups is 1. The summed E-state index contributed by atoms with van der Waals surface area (Å²) in [6, 6.07) is 0. The number of halogens is 4. The molecule has 0 radical (unpaired) electrons. The van der Waals surface area contributed by atoms with E-state index >= 15 is 0 Å². The first kappa shape index (κ1) is 12.2. The molecule has 0 spiro atoms. The quantitative estimate of drug-likeness (QED) is 0.714. The second kappa shape index (κ2) is 4.34. The van der Waals surface area contributed by atoms with Gasteiger partial charge in [-0.1, -0.05) is 0 Å². The summed E-state index contributed by atoms with van der Waals surface area (Å²) in [4.78, 5) is 11.6. The molecule has 0 bridgehead atoms. The van der Waals surface area contributed by atoms with E-state index in [1.807, 2.05) is 0 Å². The molecule has 3 nitrogen and oxygen atoms in total. The molecule has 1 aliphatic heterocycles. The van der Waals surface area contributed by atoms with Gasteiger partial charge in [0.05, 0.1) is 6.10 Å². The zero-order valence-electron chi connectivity index (χ0n) is 7.80. The van der Waals surface area contributed by atoms with Crippen molar-refractivity contribution in [1.82, 2.24) is 4.90 Å². The second-order valence-corrected chi connectivity index (χ2v) is 3.47. The van der Waals surface area contributed by atoms with Gasteiger partial charge in [-0.3, -0.25) is 4.79 Å². The number of carbonyl (C=O) groups excluding carboxylic acids is 1. The van der Waals surface area contributed by atoms with Crippen molar-refractivity contribution in [3.05, 3.63) is 0 Å². The molecular formula is C8H11F4NO2. The molecule has 0 aromatic rings. The number of likely N-dealkylation sites (tertiary alicyclic amines) is 1. The molecule has 1 rings (SSSR count). The van der Waals surface area contributed by atoms with E-state index in [-0.39, 0.29) is 13.1 Å². The molecule has 1 amide bonds. The van der Waals surface area contributed by atoms with E-state index in [1.54, 1.807) is 0 Å². The molecule has 1 fully saturated rings. The Morgan fingerprint density at radius 3 is 2.53 bits per heavy atom. The van der Waals surface area contributed by atoms with Gasteiger partial charge in [0.2, 0.25) is 0 Å². The van der Waals surface area contributed by atoms with E-state index < -0.39 is 24.4 Å². The van der Waals surface area contributed by atoms with Crippen molar-refractivity contribution in [3.8, 4) is 0 Å². The van der Waals surface area contributed by atoms with Gasteiger partial charge in [-0.25, -0.2) is 8.78 Å². The van der Waals surface area contributed by atoms with Gasteiger partial charge >= 0.3 is 12.3 Å². The highest BCUT2D eigenvalue weighted by Gasteiger charge is 2.51. The Kier molecular flexibility index (Phi) is 3.54. The van der Waals surface area contributed by atoms with E-state index in [4.69, 9.17) is 5.11 Å². The number of nitrogens with zero attached hydrogens (tertiary/aromatic N) is 1. The molecular weight excluding hydrogens is 218 g/mol. The van der Waals surface area contributed by atoms with Crippen molar-refractivity contribution in [2.75, 3.05) is 13.1 Å². The highest BCUT2D eigenvalue weighted by Crippen LogP contribution is 2.26. The molecule has 15 heavy (non-hydrogen) atoms. The first-order valence-corrected chi connectivity index (χ1v) is 4.49. The Labute approximate surface area is 83.7 Å². The number of β-amino-alcohol motifs (C(OH)–C–C–N with tert-alkyl or cyclic N) is 1. The van der Waals surface area contributed by atoms with Crippen LogP contribution in [0.5, 0.6) is 0 Å². The van der Waals surface area contributed by atoms with Crippen LogP contribution in [0.4, 0.5) is 17.6 Å². The molecule has 1 saturated heterocycles. The van der Waals surface area contributed by atoms with Crippen LogP contribution in [0.2, 0.25) is 0 Å². The van der Waals surface area contributed by atoms with E-state index in [0.29, 0.717) is 17.7 Å². The van der Waals surface area contributed by atoms with Crippen molar-refractivity contribution in [1.29, 1.82) is 0 Å². The first-order valence-electron chi connectivity index (χ1n) is 4.49. The fourth-order valence-corrected chi connectivity index (χ4v) is 1.44. The third kappa shape index (κ3) is 2.58. The van der Waals surface area contributed by atoms with Gasteiger partial charge in [-0.05, 0) is 12.8 Å². The maximum absolute atomic E-state index is 12.6. The third-order valence-corrected chi connectivity index (χ3v) is 2.24. The minimum absolute atomic E-state index is 0.0157. The molecule has 0 aromatic carbocycles. The first-order chi connectivity index (χ1) is 6.85. The largest absolute Gasteiger partial charge is 0.391 e. The van der Waals surface area contributed by atoms with Crippen LogP contribution in [0.1, 0.15) is 12.8 Å². The Hall–Kier alpha value is -0.850. The number of piperidine rings is 1. The van der Waals surface area contributed by atoms with Crippen LogP contribution < -0.4 is 0 Å². The topological polar surface area (TPSA) is 40.5 Å².